The molecule has 0 N–H and O–H groups in total. The Balaban J connectivity index is 1.78. The fourth-order valence-electron chi connectivity index (χ4n) is 4.06. The predicted octanol–water partition coefficient (Wildman–Crippen LogP) is 4.37. The summed E-state index contributed by atoms with van der Waals surface area (Å²) < 4.78 is 11.4. The van der Waals surface area contributed by atoms with E-state index in [1.807, 2.05) is 36.4 Å². The van der Waals surface area contributed by atoms with Gasteiger partial charge in [-0.2, -0.15) is 0 Å². The molecule has 134 valence electrons. The van der Waals surface area contributed by atoms with Crippen molar-refractivity contribution in [3.05, 3.63) is 58.6 Å². The van der Waals surface area contributed by atoms with Crippen LogP contribution in [0.1, 0.15) is 44.1 Å². The lowest BCUT2D eigenvalue weighted by molar-refractivity contribution is -0.117. The fourth-order valence-corrected chi connectivity index (χ4v) is 4.06. The number of ether oxygens (including phenoxy) is 2. The van der Waals surface area contributed by atoms with Crippen molar-refractivity contribution in [2.75, 3.05) is 7.11 Å². The average molecular weight is 350 g/mol. The summed E-state index contributed by atoms with van der Waals surface area (Å²) in [5, 5.41) is 0. The van der Waals surface area contributed by atoms with Gasteiger partial charge in [0.05, 0.1) is 7.11 Å². The standard InChI is InChI=1S/C22H22O4/c1-25-18-9-3-2-6-14(18)12-13-15-21-16(23)7-4-10-19(21)26-20-11-5-8-17(24)22(15)20/h2-3,6,9,12-13,15H,4-5,7-8,10-11H2,1H3/b13-12+. The molecular weight excluding hydrogens is 328 g/mol. The van der Waals surface area contributed by atoms with Crippen molar-refractivity contribution < 1.29 is 19.1 Å². The van der Waals surface area contributed by atoms with Crippen LogP contribution in [-0.4, -0.2) is 18.7 Å². The fraction of sp³-hybridized carbons (Fsp3) is 0.364. The Bertz CT molecular complexity index is 815. The number of Topliss-reactive ketones (excluding diaryl/α,β-unsaturated/α-hetero) is 2. The van der Waals surface area contributed by atoms with Crippen LogP contribution in [-0.2, 0) is 14.3 Å². The van der Waals surface area contributed by atoms with Gasteiger partial charge >= 0.3 is 0 Å². The van der Waals surface area contributed by atoms with Gasteiger partial charge in [-0.15, -0.1) is 0 Å². The summed E-state index contributed by atoms with van der Waals surface area (Å²) in [5.41, 5.74) is 2.28. The molecule has 3 aliphatic rings. The largest absolute Gasteiger partial charge is 0.496 e. The van der Waals surface area contributed by atoms with Crippen molar-refractivity contribution in [3.63, 3.8) is 0 Å². The minimum atomic E-state index is -0.306. The van der Waals surface area contributed by atoms with Crippen molar-refractivity contribution in [1.29, 1.82) is 0 Å². The number of para-hydroxylation sites is 1. The lowest BCUT2D eigenvalue weighted by Crippen LogP contribution is -2.30. The molecule has 1 aromatic rings. The van der Waals surface area contributed by atoms with E-state index in [-0.39, 0.29) is 17.5 Å². The predicted molar refractivity (Wildman–Crippen MR) is 98.4 cm³/mol. The molecule has 4 heteroatoms. The lowest BCUT2D eigenvalue weighted by Gasteiger charge is -2.34. The second-order valence-electron chi connectivity index (χ2n) is 6.91. The van der Waals surface area contributed by atoms with Gasteiger partial charge in [-0.1, -0.05) is 30.4 Å². The van der Waals surface area contributed by atoms with Crippen LogP contribution in [0.4, 0.5) is 0 Å². The van der Waals surface area contributed by atoms with Crippen molar-refractivity contribution in [2.24, 2.45) is 5.92 Å². The van der Waals surface area contributed by atoms with Gasteiger partial charge in [-0.25, -0.2) is 0 Å². The highest BCUT2D eigenvalue weighted by Gasteiger charge is 2.39. The smallest absolute Gasteiger partial charge is 0.163 e. The molecule has 1 aliphatic heterocycles. The zero-order valence-electron chi connectivity index (χ0n) is 14.9. The van der Waals surface area contributed by atoms with Crippen LogP contribution in [0.15, 0.2) is 53.0 Å². The summed E-state index contributed by atoms with van der Waals surface area (Å²) in [6.07, 6.45) is 8.14. The maximum absolute atomic E-state index is 12.6. The number of hydrogen-bond acceptors (Lipinski definition) is 4. The molecule has 0 spiro atoms. The molecule has 0 radical (unpaired) electrons. The molecule has 4 rings (SSSR count). The van der Waals surface area contributed by atoms with Crippen molar-refractivity contribution in [1.82, 2.24) is 0 Å². The highest BCUT2D eigenvalue weighted by Crippen LogP contribution is 2.43. The van der Waals surface area contributed by atoms with Crippen LogP contribution in [0.5, 0.6) is 5.75 Å². The Labute approximate surface area is 153 Å². The zero-order chi connectivity index (χ0) is 18.1. The molecule has 0 atom stereocenters. The SMILES string of the molecule is COc1ccccc1/C=C/C1C2=C(CCCC2=O)OC2=C1C(=O)CCC2. The minimum Gasteiger partial charge on any atom is -0.496 e. The highest BCUT2D eigenvalue weighted by molar-refractivity contribution is 6.04. The van der Waals surface area contributed by atoms with Crippen LogP contribution in [0, 0.1) is 5.92 Å². The Hall–Kier alpha value is -2.62. The molecule has 0 bridgehead atoms. The van der Waals surface area contributed by atoms with Crippen molar-refractivity contribution in [3.8, 4) is 5.75 Å². The normalized spacial score (nSPS) is 21.0. The third-order valence-corrected chi connectivity index (χ3v) is 5.29. The first kappa shape index (κ1) is 16.8. The molecule has 0 fully saturated rings. The number of carbonyl (C=O) groups is 2. The van der Waals surface area contributed by atoms with Gasteiger partial charge in [0.2, 0.25) is 0 Å². The summed E-state index contributed by atoms with van der Waals surface area (Å²) in [5.74, 6) is 2.20. The number of rotatable bonds is 3. The quantitative estimate of drug-likeness (QED) is 0.812. The van der Waals surface area contributed by atoms with Crippen molar-refractivity contribution >= 4 is 17.6 Å². The van der Waals surface area contributed by atoms with E-state index < -0.39 is 0 Å². The van der Waals surface area contributed by atoms with E-state index in [1.54, 1.807) is 7.11 Å². The number of benzene rings is 1. The first-order valence-corrected chi connectivity index (χ1v) is 9.20. The molecule has 0 saturated heterocycles. The molecule has 2 aliphatic carbocycles. The summed E-state index contributed by atoms with van der Waals surface area (Å²) >= 11 is 0. The van der Waals surface area contributed by atoms with Crippen LogP contribution in [0.25, 0.3) is 6.08 Å². The number of methoxy groups -OCH3 is 1. The summed E-state index contributed by atoms with van der Waals surface area (Å²) in [6, 6.07) is 7.72. The molecule has 4 nitrogen and oxygen atoms in total. The lowest BCUT2D eigenvalue weighted by atomic mass is 9.76. The molecule has 0 amide bonds. The Morgan fingerprint density at radius 2 is 1.58 bits per heavy atom. The Morgan fingerprint density at radius 1 is 0.962 bits per heavy atom. The number of allylic oxidation sites excluding steroid dienone is 5. The van der Waals surface area contributed by atoms with E-state index in [9.17, 15) is 9.59 Å². The molecule has 0 aromatic heterocycles. The first-order valence-electron chi connectivity index (χ1n) is 9.20. The molecule has 0 saturated carbocycles. The Kier molecular flexibility index (Phi) is 4.49. The van der Waals surface area contributed by atoms with E-state index in [0.29, 0.717) is 24.0 Å². The van der Waals surface area contributed by atoms with E-state index in [1.165, 1.54) is 0 Å². The van der Waals surface area contributed by atoms with Gasteiger partial charge in [0.25, 0.3) is 0 Å². The molecule has 0 unspecified atom stereocenters. The second kappa shape index (κ2) is 6.94. The minimum absolute atomic E-state index is 0.103. The maximum Gasteiger partial charge on any atom is 0.163 e. The molecular formula is C22H22O4. The van der Waals surface area contributed by atoms with E-state index in [0.717, 1.165) is 48.5 Å². The highest BCUT2D eigenvalue weighted by atomic mass is 16.5. The molecule has 26 heavy (non-hydrogen) atoms. The average Bonchev–Trinajstić information content (AvgIpc) is 2.66. The number of ketones is 2. The zero-order valence-corrected chi connectivity index (χ0v) is 14.9. The van der Waals surface area contributed by atoms with Gasteiger partial charge in [0, 0.05) is 48.3 Å². The van der Waals surface area contributed by atoms with Crippen molar-refractivity contribution in [2.45, 2.75) is 38.5 Å². The van der Waals surface area contributed by atoms with Gasteiger partial charge < -0.3 is 9.47 Å². The van der Waals surface area contributed by atoms with Gasteiger partial charge in [0.1, 0.15) is 17.3 Å². The summed E-state index contributed by atoms with van der Waals surface area (Å²) in [7, 11) is 1.64. The van der Waals surface area contributed by atoms with Crippen LogP contribution >= 0.6 is 0 Å². The van der Waals surface area contributed by atoms with E-state index in [4.69, 9.17) is 9.47 Å². The molecule has 1 heterocycles. The third-order valence-electron chi connectivity index (χ3n) is 5.29. The van der Waals surface area contributed by atoms with E-state index in [2.05, 4.69) is 0 Å². The second-order valence-corrected chi connectivity index (χ2v) is 6.91. The van der Waals surface area contributed by atoms with E-state index >= 15 is 0 Å². The first-order chi connectivity index (χ1) is 12.7. The van der Waals surface area contributed by atoms with Crippen LogP contribution < -0.4 is 4.74 Å². The maximum atomic E-state index is 12.6. The topological polar surface area (TPSA) is 52.6 Å². The van der Waals surface area contributed by atoms with Gasteiger partial charge in [-0.05, 0) is 18.9 Å². The third kappa shape index (κ3) is 2.90. The number of carbonyl (C=O) groups excluding carboxylic acids is 2. The monoisotopic (exact) mass is 350 g/mol. The van der Waals surface area contributed by atoms with Gasteiger partial charge in [0.15, 0.2) is 11.6 Å². The van der Waals surface area contributed by atoms with Crippen LogP contribution in [0.2, 0.25) is 0 Å². The summed E-state index contributed by atoms with van der Waals surface area (Å²) in [4.78, 5) is 25.2. The van der Waals surface area contributed by atoms with Crippen LogP contribution in [0.3, 0.4) is 0 Å². The molecule has 1 aromatic carbocycles. The van der Waals surface area contributed by atoms with Gasteiger partial charge in [-0.3, -0.25) is 9.59 Å². The Morgan fingerprint density at radius 3 is 2.19 bits per heavy atom. The summed E-state index contributed by atoms with van der Waals surface area (Å²) in [6.45, 7) is 0. The number of hydrogen-bond donors (Lipinski definition) is 0.